The standard InChI is InChI=1S/C16H21N3O2/c1-12(2)15(20)10-16(21)17-11-13-6-3-4-7-14(13)19-9-5-8-18-19/h3-9,12,15,20H,10-11H2,1-2H3,(H,17,21). The lowest BCUT2D eigenvalue weighted by Gasteiger charge is -2.15. The van der Waals surface area contributed by atoms with Gasteiger partial charge in [0, 0.05) is 18.9 Å². The van der Waals surface area contributed by atoms with Gasteiger partial charge in [-0.1, -0.05) is 32.0 Å². The van der Waals surface area contributed by atoms with Crippen LogP contribution in [0.15, 0.2) is 42.7 Å². The van der Waals surface area contributed by atoms with Gasteiger partial charge in [0.15, 0.2) is 0 Å². The molecule has 0 aliphatic heterocycles. The molecule has 2 rings (SSSR count). The van der Waals surface area contributed by atoms with Crippen LogP contribution in [0.1, 0.15) is 25.8 Å². The van der Waals surface area contributed by atoms with E-state index in [2.05, 4.69) is 10.4 Å². The third kappa shape index (κ3) is 4.16. The molecule has 5 nitrogen and oxygen atoms in total. The smallest absolute Gasteiger partial charge is 0.222 e. The zero-order valence-electron chi connectivity index (χ0n) is 12.4. The van der Waals surface area contributed by atoms with Gasteiger partial charge < -0.3 is 10.4 Å². The van der Waals surface area contributed by atoms with Gasteiger partial charge in [0.1, 0.15) is 0 Å². The summed E-state index contributed by atoms with van der Waals surface area (Å²) in [6, 6.07) is 9.63. The number of aliphatic hydroxyl groups excluding tert-OH is 1. The molecular formula is C16H21N3O2. The van der Waals surface area contributed by atoms with E-state index in [1.54, 1.807) is 10.9 Å². The SMILES string of the molecule is CC(C)C(O)CC(=O)NCc1ccccc1-n1cccn1. The quantitative estimate of drug-likeness (QED) is 0.852. The van der Waals surface area contributed by atoms with E-state index in [4.69, 9.17) is 0 Å². The lowest BCUT2D eigenvalue weighted by molar-refractivity contribution is -0.123. The van der Waals surface area contributed by atoms with Crippen molar-refractivity contribution in [3.05, 3.63) is 48.3 Å². The summed E-state index contributed by atoms with van der Waals surface area (Å²) in [6.07, 6.45) is 3.10. The Bertz CT molecular complexity index is 579. The van der Waals surface area contributed by atoms with E-state index in [0.29, 0.717) is 6.54 Å². The van der Waals surface area contributed by atoms with Crippen molar-refractivity contribution in [3.63, 3.8) is 0 Å². The number of aromatic nitrogens is 2. The van der Waals surface area contributed by atoms with Crippen LogP contribution in [0.4, 0.5) is 0 Å². The Balaban J connectivity index is 1.99. The number of aliphatic hydroxyl groups is 1. The maximum absolute atomic E-state index is 11.8. The molecule has 2 N–H and O–H groups in total. The highest BCUT2D eigenvalue weighted by Crippen LogP contribution is 2.13. The minimum absolute atomic E-state index is 0.0760. The molecule has 2 aromatic rings. The average Bonchev–Trinajstić information content (AvgIpc) is 2.99. The largest absolute Gasteiger partial charge is 0.392 e. The summed E-state index contributed by atoms with van der Waals surface area (Å²) < 4.78 is 1.77. The molecule has 112 valence electrons. The molecule has 0 radical (unpaired) electrons. The summed E-state index contributed by atoms with van der Waals surface area (Å²) in [7, 11) is 0. The number of hydrogen-bond acceptors (Lipinski definition) is 3. The fourth-order valence-electron chi connectivity index (χ4n) is 1.99. The predicted octanol–water partition coefficient (Wildman–Crippen LogP) is 1.90. The van der Waals surface area contributed by atoms with Crippen molar-refractivity contribution in [1.29, 1.82) is 0 Å². The van der Waals surface area contributed by atoms with Crippen LogP contribution >= 0.6 is 0 Å². The second kappa shape index (κ2) is 7.04. The van der Waals surface area contributed by atoms with Crippen molar-refractivity contribution < 1.29 is 9.90 Å². The number of para-hydroxylation sites is 1. The second-order valence-corrected chi connectivity index (χ2v) is 5.37. The van der Waals surface area contributed by atoms with Crippen molar-refractivity contribution in [3.8, 4) is 5.69 Å². The summed E-state index contributed by atoms with van der Waals surface area (Å²) in [5.74, 6) is -0.0708. The number of hydrogen-bond donors (Lipinski definition) is 2. The Kier molecular flexibility index (Phi) is 5.11. The molecular weight excluding hydrogens is 266 g/mol. The zero-order valence-corrected chi connectivity index (χ0v) is 12.4. The van der Waals surface area contributed by atoms with Crippen LogP contribution in [0.3, 0.4) is 0 Å². The van der Waals surface area contributed by atoms with Gasteiger partial charge in [-0.3, -0.25) is 4.79 Å². The highest BCUT2D eigenvalue weighted by molar-refractivity contribution is 5.76. The minimum Gasteiger partial charge on any atom is -0.392 e. The minimum atomic E-state index is -0.605. The lowest BCUT2D eigenvalue weighted by Crippen LogP contribution is -2.29. The molecule has 1 atom stereocenters. The van der Waals surface area contributed by atoms with Crippen LogP contribution in [0.25, 0.3) is 5.69 Å². The topological polar surface area (TPSA) is 67.2 Å². The Hall–Kier alpha value is -2.14. The number of carbonyl (C=O) groups is 1. The van der Waals surface area contributed by atoms with Crippen LogP contribution in [0.2, 0.25) is 0 Å². The van der Waals surface area contributed by atoms with Gasteiger partial charge in [-0.15, -0.1) is 0 Å². The fourth-order valence-corrected chi connectivity index (χ4v) is 1.99. The first-order valence-corrected chi connectivity index (χ1v) is 7.10. The summed E-state index contributed by atoms with van der Waals surface area (Å²) in [6.45, 7) is 4.20. The number of benzene rings is 1. The monoisotopic (exact) mass is 287 g/mol. The van der Waals surface area contributed by atoms with Gasteiger partial charge in [0.05, 0.1) is 18.2 Å². The van der Waals surface area contributed by atoms with Crippen LogP contribution in [0.5, 0.6) is 0 Å². The van der Waals surface area contributed by atoms with Crippen molar-refractivity contribution in [2.45, 2.75) is 32.9 Å². The van der Waals surface area contributed by atoms with Crippen molar-refractivity contribution in [2.24, 2.45) is 5.92 Å². The van der Waals surface area contributed by atoms with Gasteiger partial charge in [0.25, 0.3) is 0 Å². The molecule has 0 saturated heterocycles. The summed E-state index contributed by atoms with van der Waals surface area (Å²) in [5, 5.41) is 16.8. The van der Waals surface area contributed by atoms with E-state index in [9.17, 15) is 9.90 Å². The van der Waals surface area contributed by atoms with E-state index < -0.39 is 6.10 Å². The molecule has 0 spiro atoms. The van der Waals surface area contributed by atoms with Crippen LogP contribution in [0, 0.1) is 5.92 Å². The van der Waals surface area contributed by atoms with Gasteiger partial charge in [-0.25, -0.2) is 4.68 Å². The third-order valence-corrected chi connectivity index (χ3v) is 3.38. The Morgan fingerprint density at radius 2 is 2.10 bits per heavy atom. The maximum Gasteiger partial charge on any atom is 0.222 e. The number of nitrogens with zero attached hydrogens (tertiary/aromatic N) is 2. The normalized spacial score (nSPS) is 12.4. The Morgan fingerprint density at radius 1 is 1.33 bits per heavy atom. The maximum atomic E-state index is 11.8. The van der Waals surface area contributed by atoms with Gasteiger partial charge >= 0.3 is 0 Å². The molecule has 0 fully saturated rings. The van der Waals surface area contributed by atoms with E-state index in [1.165, 1.54) is 0 Å². The van der Waals surface area contributed by atoms with E-state index in [0.717, 1.165) is 11.3 Å². The summed E-state index contributed by atoms with van der Waals surface area (Å²) in [4.78, 5) is 11.8. The number of nitrogens with one attached hydrogen (secondary N) is 1. The molecule has 1 amide bonds. The first-order valence-electron chi connectivity index (χ1n) is 7.10. The van der Waals surface area contributed by atoms with Crippen molar-refractivity contribution in [1.82, 2.24) is 15.1 Å². The van der Waals surface area contributed by atoms with Gasteiger partial charge in [-0.05, 0) is 23.6 Å². The first kappa shape index (κ1) is 15.3. The van der Waals surface area contributed by atoms with Crippen molar-refractivity contribution >= 4 is 5.91 Å². The van der Waals surface area contributed by atoms with E-state index in [-0.39, 0.29) is 18.2 Å². The molecule has 5 heteroatoms. The average molecular weight is 287 g/mol. The number of carbonyl (C=O) groups excluding carboxylic acids is 1. The molecule has 1 aromatic heterocycles. The van der Waals surface area contributed by atoms with Gasteiger partial charge in [-0.2, -0.15) is 5.10 Å². The second-order valence-electron chi connectivity index (χ2n) is 5.37. The van der Waals surface area contributed by atoms with Crippen LogP contribution < -0.4 is 5.32 Å². The predicted molar refractivity (Wildman–Crippen MR) is 80.9 cm³/mol. The fraction of sp³-hybridized carbons (Fsp3) is 0.375. The lowest BCUT2D eigenvalue weighted by atomic mass is 10.0. The first-order chi connectivity index (χ1) is 10.1. The Labute approximate surface area is 124 Å². The Morgan fingerprint density at radius 3 is 2.76 bits per heavy atom. The van der Waals surface area contributed by atoms with Crippen LogP contribution in [-0.4, -0.2) is 26.9 Å². The molecule has 0 aliphatic rings. The summed E-state index contributed by atoms with van der Waals surface area (Å²) in [5.41, 5.74) is 1.92. The third-order valence-electron chi connectivity index (χ3n) is 3.38. The zero-order chi connectivity index (χ0) is 15.2. The van der Waals surface area contributed by atoms with Gasteiger partial charge in [0.2, 0.25) is 5.91 Å². The van der Waals surface area contributed by atoms with Crippen LogP contribution in [-0.2, 0) is 11.3 Å². The highest BCUT2D eigenvalue weighted by atomic mass is 16.3. The van der Waals surface area contributed by atoms with E-state index >= 15 is 0 Å². The molecule has 0 bridgehead atoms. The highest BCUT2D eigenvalue weighted by Gasteiger charge is 2.14. The number of amides is 1. The molecule has 21 heavy (non-hydrogen) atoms. The molecule has 0 aliphatic carbocycles. The summed E-state index contributed by atoms with van der Waals surface area (Å²) >= 11 is 0. The van der Waals surface area contributed by atoms with E-state index in [1.807, 2.05) is 50.4 Å². The number of rotatable bonds is 6. The van der Waals surface area contributed by atoms with Crippen molar-refractivity contribution in [2.75, 3.05) is 0 Å². The molecule has 1 aromatic carbocycles. The molecule has 1 heterocycles. The molecule has 0 saturated carbocycles. The molecule has 1 unspecified atom stereocenters.